The van der Waals surface area contributed by atoms with E-state index in [-0.39, 0.29) is 17.9 Å². The van der Waals surface area contributed by atoms with E-state index in [9.17, 15) is 4.39 Å². The van der Waals surface area contributed by atoms with Crippen LogP contribution in [0.15, 0.2) is 24.3 Å². The lowest BCUT2D eigenvalue weighted by Crippen LogP contribution is -2.36. The average molecular weight is 219 g/mol. The van der Waals surface area contributed by atoms with Gasteiger partial charge in [-0.15, -0.1) is 6.42 Å². The SMILES string of the molecule is C#CC(CC)NC(C)Cc1cccc(F)c1. The van der Waals surface area contributed by atoms with Crippen molar-refractivity contribution in [1.29, 1.82) is 0 Å². The zero-order valence-electron chi connectivity index (χ0n) is 9.83. The first-order valence-electron chi connectivity index (χ1n) is 5.62. The molecule has 16 heavy (non-hydrogen) atoms. The molecule has 2 atom stereocenters. The van der Waals surface area contributed by atoms with E-state index < -0.39 is 0 Å². The predicted octanol–water partition coefficient (Wildman–Crippen LogP) is 2.76. The van der Waals surface area contributed by atoms with Crippen molar-refractivity contribution in [2.24, 2.45) is 0 Å². The molecule has 2 heteroatoms. The van der Waals surface area contributed by atoms with Gasteiger partial charge in [0.05, 0.1) is 6.04 Å². The fourth-order valence-electron chi connectivity index (χ4n) is 1.70. The highest BCUT2D eigenvalue weighted by Crippen LogP contribution is 2.07. The summed E-state index contributed by atoms with van der Waals surface area (Å²) in [6.45, 7) is 4.11. The first-order chi connectivity index (χ1) is 7.65. The average Bonchev–Trinajstić information content (AvgIpc) is 2.26. The molecule has 0 aromatic heterocycles. The van der Waals surface area contributed by atoms with Gasteiger partial charge in [-0.05, 0) is 37.5 Å². The molecule has 86 valence electrons. The molecule has 1 rings (SSSR count). The Morgan fingerprint density at radius 2 is 2.25 bits per heavy atom. The summed E-state index contributed by atoms with van der Waals surface area (Å²) in [6, 6.07) is 7.03. The topological polar surface area (TPSA) is 12.0 Å². The van der Waals surface area contributed by atoms with E-state index in [1.807, 2.05) is 13.0 Å². The predicted molar refractivity (Wildman–Crippen MR) is 65.6 cm³/mol. The Bertz CT molecular complexity index is 367. The quantitative estimate of drug-likeness (QED) is 0.751. The maximum absolute atomic E-state index is 13.0. The molecule has 1 nitrogen and oxygen atoms in total. The molecule has 0 saturated heterocycles. The minimum absolute atomic E-state index is 0.101. The van der Waals surface area contributed by atoms with Crippen molar-refractivity contribution in [2.75, 3.05) is 0 Å². The van der Waals surface area contributed by atoms with Crippen molar-refractivity contribution in [2.45, 2.75) is 38.8 Å². The Morgan fingerprint density at radius 1 is 1.50 bits per heavy atom. The third kappa shape index (κ3) is 4.04. The molecule has 0 aliphatic heterocycles. The maximum atomic E-state index is 13.0. The van der Waals surface area contributed by atoms with Crippen molar-refractivity contribution in [3.05, 3.63) is 35.6 Å². The zero-order chi connectivity index (χ0) is 12.0. The fraction of sp³-hybridized carbons (Fsp3) is 0.429. The molecule has 1 aromatic rings. The second-order valence-corrected chi connectivity index (χ2v) is 4.03. The Kier molecular flexibility index (Phi) is 5.01. The largest absolute Gasteiger partial charge is 0.301 e. The third-order valence-corrected chi connectivity index (χ3v) is 2.53. The van der Waals surface area contributed by atoms with Gasteiger partial charge in [0.2, 0.25) is 0 Å². The standard InChI is InChI=1S/C14H18FN/c1-4-14(5-2)16-11(3)9-12-7-6-8-13(15)10-12/h1,6-8,10-11,14,16H,5,9H2,2-3H3. The van der Waals surface area contributed by atoms with Gasteiger partial charge in [0.1, 0.15) is 5.82 Å². The monoisotopic (exact) mass is 219 g/mol. The van der Waals surface area contributed by atoms with Crippen molar-refractivity contribution in [3.63, 3.8) is 0 Å². The van der Waals surface area contributed by atoms with Gasteiger partial charge in [-0.2, -0.15) is 0 Å². The molecular formula is C14H18FN. The Balaban J connectivity index is 2.51. The number of terminal acetylenes is 1. The van der Waals surface area contributed by atoms with Crippen LogP contribution in [0.1, 0.15) is 25.8 Å². The van der Waals surface area contributed by atoms with Crippen molar-refractivity contribution < 1.29 is 4.39 Å². The molecular weight excluding hydrogens is 201 g/mol. The normalized spacial score (nSPS) is 14.1. The molecule has 0 bridgehead atoms. The summed E-state index contributed by atoms with van der Waals surface area (Å²) in [5.74, 6) is 2.51. The molecule has 0 amide bonds. The third-order valence-electron chi connectivity index (χ3n) is 2.53. The number of hydrogen-bond acceptors (Lipinski definition) is 1. The van der Waals surface area contributed by atoms with Crippen LogP contribution in [-0.4, -0.2) is 12.1 Å². The van der Waals surface area contributed by atoms with E-state index in [2.05, 4.69) is 18.2 Å². The van der Waals surface area contributed by atoms with E-state index in [0.29, 0.717) is 0 Å². The summed E-state index contributed by atoms with van der Waals surface area (Å²) in [5, 5.41) is 3.33. The summed E-state index contributed by atoms with van der Waals surface area (Å²) in [7, 11) is 0. The lowest BCUT2D eigenvalue weighted by molar-refractivity contribution is 0.492. The second-order valence-electron chi connectivity index (χ2n) is 4.03. The van der Waals surface area contributed by atoms with Crippen LogP contribution in [0.25, 0.3) is 0 Å². The van der Waals surface area contributed by atoms with Gasteiger partial charge < -0.3 is 5.32 Å². The first-order valence-corrected chi connectivity index (χ1v) is 5.62. The van der Waals surface area contributed by atoms with Crippen LogP contribution in [-0.2, 0) is 6.42 Å². The molecule has 0 saturated carbocycles. The lowest BCUT2D eigenvalue weighted by atomic mass is 10.1. The molecule has 1 N–H and O–H groups in total. The van der Waals surface area contributed by atoms with Crippen LogP contribution < -0.4 is 5.32 Å². The first kappa shape index (κ1) is 12.7. The zero-order valence-corrected chi connectivity index (χ0v) is 9.83. The molecule has 0 spiro atoms. The molecule has 1 aromatic carbocycles. The summed E-state index contributed by atoms with van der Waals surface area (Å²) >= 11 is 0. The smallest absolute Gasteiger partial charge is 0.123 e. The number of benzene rings is 1. The van der Waals surface area contributed by atoms with Crippen LogP contribution >= 0.6 is 0 Å². The van der Waals surface area contributed by atoms with Crippen LogP contribution in [0.4, 0.5) is 4.39 Å². The number of nitrogens with one attached hydrogen (secondary N) is 1. The van der Waals surface area contributed by atoms with Gasteiger partial charge >= 0.3 is 0 Å². The highest BCUT2D eigenvalue weighted by molar-refractivity contribution is 5.17. The molecule has 0 aliphatic carbocycles. The second kappa shape index (κ2) is 6.30. The van der Waals surface area contributed by atoms with Crippen LogP contribution in [0.3, 0.4) is 0 Å². The van der Waals surface area contributed by atoms with Crippen LogP contribution in [0, 0.1) is 18.2 Å². The summed E-state index contributed by atoms with van der Waals surface area (Å²) in [5.41, 5.74) is 0.992. The van der Waals surface area contributed by atoms with Gasteiger partial charge in [0.15, 0.2) is 0 Å². The Labute approximate surface area is 97.1 Å². The van der Waals surface area contributed by atoms with Gasteiger partial charge in [0, 0.05) is 6.04 Å². The van der Waals surface area contributed by atoms with Crippen molar-refractivity contribution in [3.8, 4) is 12.3 Å². The molecule has 0 aliphatic rings. The minimum Gasteiger partial charge on any atom is -0.301 e. The Morgan fingerprint density at radius 3 is 2.81 bits per heavy atom. The van der Waals surface area contributed by atoms with E-state index in [1.54, 1.807) is 12.1 Å². The molecule has 0 fully saturated rings. The van der Waals surface area contributed by atoms with Gasteiger partial charge in [-0.1, -0.05) is 25.0 Å². The summed E-state index contributed by atoms with van der Waals surface area (Å²) < 4.78 is 13.0. The molecule has 0 radical (unpaired) electrons. The fourth-order valence-corrected chi connectivity index (χ4v) is 1.70. The molecule has 0 heterocycles. The maximum Gasteiger partial charge on any atom is 0.123 e. The summed E-state index contributed by atoms with van der Waals surface area (Å²) in [4.78, 5) is 0. The van der Waals surface area contributed by atoms with Gasteiger partial charge in [0.25, 0.3) is 0 Å². The van der Waals surface area contributed by atoms with Gasteiger partial charge in [-0.3, -0.25) is 0 Å². The van der Waals surface area contributed by atoms with Crippen LogP contribution in [0.2, 0.25) is 0 Å². The highest BCUT2D eigenvalue weighted by atomic mass is 19.1. The van der Waals surface area contributed by atoms with E-state index in [4.69, 9.17) is 6.42 Å². The van der Waals surface area contributed by atoms with E-state index >= 15 is 0 Å². The number of hydrogen-bond donors (Lipinski definition) is 1. The number of rotatable bonds is 5. The molecule has 2 unspecified atom stereocenters. The van der Waals surface area contributed by atoms with Crippen molar-refractivity contribution >= 4 is 0 Å². The lowest BCUT2D eigenvalue weighted by Gasteiger charge is -2.18. The Hall–Kier alpha value is -1.33. The highest BCUT2D eigenvalue weighted by Gasteiger charge is 2.08. The number of halogens is 1. The van der Waals surface area contributed by atoms with E-state index in [1.165, 1.54) is 6.07 Å². The van der Waals surface area contributed by atoms with Crippen molar-refractivity contribution in [1.82, 2.24) is 5.32 Å². The van der Waals surface area contributed by atoms with Gasteiger partial charge in [-0.25, -0.2) is 4.39 Å². The summed E-state index contributed by atoms with van der Waals surface area (Å²) in [6.07, 6.45) is 7.07. The van der Waals surface area contributed by atoms with E-state index in [0.717, 1.165) is 18.4 Å². The van der Waals surface area contributed by atoms with Crippen LogP contribution in [0.5, 0.6) is 0 Å². The minimum atomic E-state index is -0.186.